The largest absolute Gasteiger partial charge is 0.394 e. The van der Waals surface area contributed by atoms with E-state index in [1.54, 1.807) is 24.3 Å². The first kappa shape index (κ1) is 56.7. The van der Waals surface area contributed by atoms with E-state index in [1.807, 2.05) is 92.0 Å². The smallest absolute Gasteiger partial charge is 0.295 e. The molecule has 11 N–H and O–H groups in total. The fourth-order valence-corrected chi connectivity index (χ4v) is 7.92. The van der Waals surface area contributed by atoms with Gasteiger partial charge in [-0.3, -0.25) is 4.55 Å². The molecular weight excluding hydrogens is 963 g/mol. The van der Waals surface area contributed by atoms with E-state index in [0.29, 0.717) is 99.1 Å². The SMILES string of the molecule is CNCCNCCNCCNCCNCCNc1nc(Cc2ccc(/C=C/c3ccc(Cc4nc(NCCCOCCOCCO)nc(Nc5ccccc5)n4)cc3)c(S(=O)(=O)O)c2)nc(Nc2ccccc2)n1. The number of hydrogen-bond acceptors (Lipinski definition) is 20. The maximum atomic E-state index is 12.8. The molecule has 0 atom stereocenters. The lowest BCUT2D eigenvalue weighted by atomic mass is 10.1. The van der Waals surface area contributed by atoms with Crippen molar-refractivity contribution >= 4 is 57.4 Å². The van der Waals surface area contributed by atoms with Crippen LogP contribution in [0.4, 0.5) is 35.2 Å². The lowest BCUT2D eigenvalue weighted by molar-refractivity contribution is 0.0331. The van der Waals surface area contributed by atoms with Crippen LogP contribution in [0.15, 0.2) is 108 Å². The first-order chi connectivity index (χ1) is 36.2. The first-order valence-corrected chi connectivity index (χ1v) is 26.4. The molecule has 0 saturated carbocycles. The Kier molecular flexibility index (Phi) is 25.0. The van der Waals surface area contributed by atoms with Crippen LogP contribution in [0.1, 0.15) is 40.3 Å². The first-order valence-electron chi connectivity index (χ1n) is 25.0. The maximum Gasteiger partial charge on any atom is 0.295 e. The number of anilines is 6. The fourth-order valence-electron chi connectivity index (χ4n) is 7.18. The molecule has 0 fully saturated rings. The van der Waals surface area contributed by atoms with Crippen LogP contribution in [0.2, 0.25) is 0 Å². The highest BCUT2D eigenvalue weighted by atomic mass is 32.2. The van der Waals surface area contributed by atoms with E-state index in [2.05, 4.69) is 72.8 Å². The summed E-state index contributed by atoms with van der Waals surface area (Å²) in [6.07, 6.45) is 4.75. The second-order valence-electron chi connectivity index (χ2n) is 16.8. The van der Waals surface area contributed by atoms with Crippen molar-refractivity contribution in [1.29, 1.82) is 0 Å². The van der Waals surface area contributed by atoms with Crippen LogP contribution in [-0.4, -0.2) is 160 Å². The quantitative estimate of drug-likeness (QED) is 0.0150. The Morgan fingerprint density at radius 3 is 1.54 bits per heavy atom. The summed E-state index contributed by atoms with van der Waals surface area (Å²) >= 11 is 0. The minimum Gasteiger partial charge on any atom is -0.394 e. The van der Waals surface area contributed by atoms with E-state index >= 15 is 0 Å². The van der Waals surface area contributed by atoms with Gasteiger partial charge in [0, 0.05) is 103 Å². The maximum absolute atomic E-state index is 12.8. The van der Waals surface area contributed by atoms with Gasteiger partial charge >= 0.3 is 0 Å². The molecule has 2 heterocycles. The third-order valence-electron chi connectivity index (χ3n) is 10.9. The predicted molar refractivity (Wildman–Crippen MR) is 292 cm³/mol. The zero-order chi connectivity index (χ0) is 51.9. The second kappa shape index (κ2) is 32.6. The van der Waals surface area contributed by atoms with Gasteiger partial charge in [0.15, 0.2) is 0 Å². The molecule has 6 rings (SSSR count). The number of nitrogens with one attached hydrogen (secondary N) is 9. The third kappa shape index (κ3) is 21.9. The Labute approximate surface area is 434 Å². The van der Waals surface area contributed by atoms with Crippen LogP contribution in [0, 0.1) is 0 Å². The van der Waals surface area contributed by atoms with Crippen molar-refractivity contribution in [3.8, 4) is 0 Å². The number of para-hydroxylation sites is 2. The van der Waals surface area contributed by atoms with Gasteiger partial charge in [-0.05, 0) is 66.1 Å². The lowest BCUT2D eigenvalue weighted by Crippen LogP contribution is -2.36. The summed E-state index contributed by atoms with van der Waals surface area (Å²) in [7, 11) is -2.67. The average molecular weight is 1030 g/mol. The molecule has 0 amide bonds. The highest BCUT2D eigenvalue weighted by Crippen LogP contribution is 2.24. The molecule has 4 aromatic carbocycles. The number of nitrogens with zero attached hydrogens (tertiary/aromatic N) is 6. The number of rotatable bonds is 37. The van der Waals surface area contributed by atoms with Gasteiger partial charge in [-0.15, -0.1) is 0 Å². The van der Waals surface area contributed by atoms with Crippen LogP contribution < -0.4 is 47.9 Å². The summed E-state index contributed by atoms with van der Waals surface area (Å²) in [5.74, 6) is 2.48. The topological polar surface area (TPSA) is 279 Å². The van der Waals surface area contributed by atoms with Crippen molar-refractivity contribution < 1.29 is 27.6 Å². The van der Waals surface area contributed by atoms with Crippen LogP contribution in [0.3, 0.4) is 0 Å². The molecule has 0 radical (unpaired) electrons. The van der Waals surface area contributed by atoms with Crippen LogP contribution >= 0.6 is 0 Å². The van der Waals surface area contributed by atoms with E-state index in [4.69, 9.17) is 19.6 Å². The number of benzene rings is 4. The summed E-state index contributed by atoms with van der Waals surface area (Å²) in [4.78, 5) is 27.7. The molecule has 74 heavy (non-hydrogen) atoms. The fraction of sp³-hybridized carbons (Fsp3) is 0.385. The number of ether oxygens (including phenoxy) is 2. The number of aliphatic hydroxyl groups is 1. The van der Waals surface area contributed by atoms with Gasteiger partial charge in [0.05, 0.1) is 26.4 Å². The van der Waals surface area contributed by atoms with E-state index in [9.17, 15) is 13.0 Å². The van der Waals surface area contributed by atoms with Crippen LogP contribution in [0.25, 0.3) is 12.2 Å². The van der Waals surface area contributed by atoms with Crippen molar-refractivity contribution in [3.63, 3.8) is 0 Å². The molecule has 6 aromatic rings. The zero-order valence-corrected chi connectivity index (χ0v) is 42.8. The molecule has 22 heteroatoms. The van der Waals surface area contributed by atoms with Gasteiger partial charge in [-0.2, -0.15) is 38.3 Å². The Morgan fingerprint density at radius 2 is 1.00 bits per heavy atom. The predicted octanol–water partition coefficient (Wildman–Crippen LogP) is 3.96. The molecule has 0 saturated heterocycles. The highest BCUT2D eigenvalue weighted by molar-refractivity contribution is 7.86. The van der Waals surface area contributed by atoms with Crippen molar-refractivity contribution in [2.24, 2.45) is 0 Å². The van der Waals surface area contributed by atoms with Gasteiger partial charge in [0.25, 0.3) is 10.1 Å². The minimum atomic E-state index is -4.62. The molecule has 0 aliphatic rings. The number of aliphatic hydroxyl groups excluding tert-OH is 1. The zero-order valence-electron chi connectivity index (χ0n) is 42.0. The number of hydrogen-bond donors (Lipinski definition) is 11. The molecule has 0 bridgehead atoms. The summed E-state index contributed by atoms with van der Waals surface area (Å²) < 4.78 is 46.9. The molecule has 396 valence electrons. The van der Waals surface area contributed by atoms with Gasteiger partial charge in [-0.1, -0.05) is 84.9 Å². The Balaban J connectivity index is 1.05. The van der Waals surface area contributed by atoms with Crippen molar-refractivity contribution in [1.82, 2.24) is 56.5 Å². The Morgan fingerprint density at radius 1 is 0.514 bits per heavy atom. The average Bonchev–Trinajstić information content (AvgIpc) is 3.39. The van der Waals surface area contributed by atoms with Crippen LogP contribution in [0.5, 0.6) is 0 Å². The summed E-state index contributed by atoms with van der Waals surface area (Å²) in [6, 6.07) is 31.8. The summed E-state index contributed by atoms with van der Waals surface area (Å²) in [5, 5.41) is 38.7. The van der Waals surface area contributed by atoms with Crippen molar-refractivity contribution in [2.45, 2.75) is 24.2 Å². The molecule has 21 nitrogen and oxygen atoms in total. The van der Waals surface area contributed by atoms with Gasteiger partial charge in [-0.25, -0.2) is 0 Å². The lowest BCUT2D eigenvalue weighted by Gasteiger charge is -2.12. The van der Waals surface area contributed by atoms with Crippen molar-refractivity contribution in [3.05, 3.63) is 137 Å². The third-order valence-corrected chi connectivity index (χ3v) is 11.8. The number of likely N-dealkylation sites (N-methyl/N-ethyl adjacent to an activating group) is 1. The molecule has 2 aromatic heterocycles. The normalized spacial score (nSPS) is 11.6. The summed E-state index contributed by atoms with van der Waals surface area (Å²) in [6.45, 7) is 10.7. The monoisotopic (exact) mass is 1030 g/mol. The van der Waals surface area contributed by atoms with Gasteiger partial charge in [0.2, 0.25) is 23.8 Å². The van der Waals surface area contributed by atoms with Gasteiger partial charge < -0.3 is 62.4 Å². The minimum absolute atomic E-state index is 0.0158. The molecule has 0 aliphatic carbocycles. The Hall–Kier alpha value is -6.57. The standard InChI is InChI=1S/C52H71N15O6S/c1-53-22-23-54-24-25-55-26-27-56-28-29-57-30-31-59-50-63-48(65-52(67-50)61-45-11-6-3-7-12-45)39-42-18-20-43(46(37-42)74(69,70)71)19-17-40-13-15-41(16-14-40)38-47-62-49(58-21-8-33-72-35-36-73-34-32-68)66-51(64-47)60-44-9-4-2-5-10-44/h2-7,9-20,37,53-57,68H,8,21-36,38-39H2,1H3,(H,69,70,71)(H2,58,60,62,64,66)(H2,59,61,63,65,67)/b19-17+. The van der Waals surface area contributed by atoms with E-state index in [0.717, 1.165) is 81.3 Å². The van der Waals surface area contributed by atoms with E-state index in [1.165, 1.54) is 6.07 Å². The molecule has 0 aliphatic heterocycles. The van der Waals surface area contributed by atoms with Gasteiger partial charge in [0.1, 0.15) is 16.5 Å². The molecular formula is C52H71N15O6S. The highest BCUT2D eigenvalue weighted by Gasteiger charge is 2.17. The molecule has 0 unspecified atom stereocenters. The van der Waals surface area contributed by atoms with Crippen molar-refractivity contribution in [2.75, 3.05) is 133 Å². The molecule has 0 spiro atoms. The number of aromatic nitrogens is 6. The van der Waals surface area contributed by atoms with Crippen LogP contribution in [-0.2, 0) is 32.4 Å². The Bertz CT molecular complexity index is 2670. The summed E-state index contributed by atoms with van der Waals surface area (Å²) in [5.41, 5.74) is 4.29. The second-order valence-corrected chi connectivity index (χ2v) is 18.2. The van der Waals surface area contributed by atoms with E-state index in [-0.39, 0.29) is 17.9 Å². The van der Waals surface area contributed by atoms with E-state index < -0.39 is 10.1 Å².